The van der Waals surface area contributed by atoms with Crippen LogP contribution in [0.2, 0.25) is 0 Å². The Balaban J connectivity index is 1.74. The summed E-state index contributed by atoms with van der Waals surface area (Å²) in [4.78, 5) is 51.9. The van der Waals surface area contributed by atoms with Gasteiger partial charge in [-0.1, -0.05) is 39.0 Å². The standard InChI is InChI=1S/C22H24N2O8/c1-19(2,3)21(29)9-12-20(10-13(25)30-12)18(28)32-17-22(20,21)14(15(26)24(17)23)31-16(27)11-7-5-4-6-8-11/h4-8,12,14,17,29H,9-10,23H2,1-3H3/t12-,14-,17-,20-,21+,22?/m0/s1. The maximum atomic E-state index is 13.3. The summed E-state index contributed by atoms with van der Waals surface area (Å²) in [6, 6.07) is 8.01. The number of aliphatic hydroxyl groups is 1. The van der Waals surface area contributed by atoms with Crippen molar-refractivity contribution in [2.75, 3.05) is 0 Å². The van der Waals surface area contributed by atoms with E-state index in [2.05, 4.69) is 0 Å². The van der Waals surface area contributed by atoms with E-state index in [1.54, 1.807) is 39.0 Å². The van der Waals surface area contributed by atoms with E-state index in [0.717, 1.165) is 0 Å². The molecule has 0 aromatic heterocycles. The average Bonchev–Trinajstić information content (AvgIpc) is 3.33. The van der Waals surface area contributed by atoms with Gasteiger partial charge in [0.1, 0.15) is 16.9 Å². The summed E-state index contributed by atoms with van der Waals surface area (Å²) in [5.74, 6) is 2.93. The molecule has 170 valence electrons. The Labute approximate surface area is 183 Å². The molecule has 1 saturated carbocycles. The van der Waals surface area contributed by atoms with Crippen LogP contribution in [-0.2, 0) is 28.6 Å². The van der Waals surface area contributed by atoms with E-state index in [9.17, 15) is 24.3 Å². The molecule has 4 fully saturated rings. The van der Waals surface area contributed by atoms with Crippen LogP contribution in [0, 0.1) is 16.2 Å². The normalized spacial score (nSPS) is 40.0. The first-order valence-electron chi connectivity index (χ1n) is 10.4. The number of esters is 3. The number of hydrazine groups is 1. The van der Waals surface area contributed by atoms with Gasteiger partial charge in [0.05, 0.1) is 17.6 Å². The van der Waals surface area contributed by atoms with Gasteiger partial charge in [0.2, 0.25) is 6.23 Å². The van der Waals surface area contributed by atoms with E-state index < -0.39 is 70.5 Å². The number of carbonyl (C=O) groups is 4. The molecule has 3 saturated heterocycles. The molecule has 10 nitrogen and oxygen atoms in total. The predicted molar refractivity (Wildman–Crippen MR) is 105 cm³/mol. The number of amides is 1. The molecular formula is C22H24N2O8. The zero-order valence-corrected chi connectivity index (χ0v) is 17.9. The maximum absolute atomic E-state index is 13.3. The molecular weight excluding hydrogens is 420 g/mol. The molecule has 0 bridgehead atoms. The lowest BCUT2D eigenvalue weighted by atomic mass is 9.52. The fourth-order valence-corrected chi connectivity index (χ4v) is 6.30. The van der Waals surface area contributed by atoms with Crippen LogP contribution in [0.3, 0.4) is 0 Å². The van der Waals surface area contributed by atoms with Crippen molar-refractivity contribution in [3.05, 3.63) is 35.9 Å². The largest absolute Gasteiger partial charge is 0.461 e. The lowest BCUT2D eigenvalue weighted by Gasteiger charge is -2.51. The van der Waals surface area contributed by atoms with Gasteiger partial charge in [0.25, 0.3) is 5.91 Å². The molecule has 3 aliphatic heterocycles. The number of rotatable bonds is 2. The Hall–Kier alpha value is -2.98. The molecule has 1 aromatic carbocycles. The molecule has 3 N–H and O–H groups in total. The zero-order valence-electron chi connectivity index (χ0n) is 17.9. The topological polar surface area (TPSA) is 145 Å². The maximum Gasteiger partial charge on any atom is 0.338 e. The predicted octanol–water partition coefficient (Wildman–Crippen LogP) is 0.280. The summed E-state index contributed by atoms with van der Waals surface area (Å²) in [5, 5.41) is 12.9. The van der Waals surface area contributed by atoms with Crippen LogP contribution in [0.15, 0.2) is 30.3 Å². The van der Waals surface area contributed by atoms with Crippen LogP contribution >= 0.6 is 0 Å². The van der Waals surface area contributed by atoms with Gasteiger partial charge in [-0.2, -0.15) is 0 Å². The van der Waals surface area contributed by atoms with Crippen LogP contribution in [0.5, 0.6) is 0 Å². The van der Waals surface area contributed by atoms with Crippen molar-refractivity contribution in [2.24, 2.45) is 22.1 Å². The number of carbonyl (C=O) groups excluding carboxylic acids is 4. The van der Waals surface area contributed by atoms with E-state index in [4.69, 9.17) is 20.1 Å². The summed E-state index contributed by atoms with van der Waals surface area (Å²) in [6.07, 6.45) is -4.69. The van der Waals surface area contributed by atoms with Gasteiger partial charge in [-0.15, -0.1) is 0 Å². The van der Waals surface area contributed by atoms with Crippen molar-refractivity contribution >= 4 is 23.8 Å². The third-order valence-corrected chi connectivity index (χ3v) is 7.74. The molecule has 1 amide bonds. The van der Waals surface area contributed by atoms with Crippen molar-refractivity contribution < 1.29 is 38.5 Å². The van der Waals surface area contributed by atoms with Gasteiger partial charge in [0, 0.05) is 6.42 Å². The number of hydrogen-bond acceptors (Lipinski definition) is 9. The number of nitrogens with two attached hydrogens (primary N) is 1. The Morgan fingerprint density at radius 1 is 1.19 bits per heavy atom. The summed E-state index contributed by atoms with van der Waals surface area (Å²) < 4.78 is 16.7. The molecule has 6 atom stereocenters. The Morgan fingerprint density at radius 3 is 2.47 bits per heavy atom. The number of hydrogen-bond donors (Lipinski definition) is 2. The number of benzene rings is 1. The quantitative estimate of drug-likeness (QED) is 0.284. The minimum Gasteiger partial charge on any atom is -0.461 e. The third-order valence-electron chi connectivity index (χ3n) is 7.74. The Morgan fingerprint density at radius 2 is 1.84 bits per heavy atom. The zero-order chi connectivity index (χ0) is 23.3. The Kier molecular flexibility index (Phi) is 3.97. The highest BCUT2D eigenvalue weighted by atomic mass is 16.6. The van der Waals surface area contributed by atoms with E-state index >= 15 is 0 Å². The molecule has 3 heterocycles. The van der Waals surface area contributed by atoms with Crippen molar-refractivity contribution in [1.82, 2.24) is 5.01 Å². The molecule has 4 aliphatic rings. The summed E-state index contributed by atoms with van der Waals surface area (Å²) in [7, 11) is 0. The minimum absolute atomic E-state index is 0.131. The summed E-state index contributed by atoms with van der Waals surface area (Å²) in [5.41, 5.74) is -6.14. The van der Waals surface area contributed by atoms with Crippen LogP contribution in [0.1, 0.15) is 44.0 Å². The second kappa shape index (κ2) is 6.08. The lowest BCUT2D eigenvalue weighted by molar-refractivity contribution is -0.212. The van der Waals surface area contributed by atoms with Crippen molar-refractivity contribution in [1.29, 1.82) is 0 Å². The second-order valence-electron chi connectivity index (χ2n) is 9.96. The molecule has 1 aromatic rings. The fraction of sp³-hybridized carbons (Fsp3) is 0.545. The summed E-state index contributed by atoms with van der Waals surface area (Å²) >= 11 is 0. The lowest BCUT2D eigenvalue weighted by Crippen LogP contribution is -2.66. The van der Waals surface area contributed by atoms with Crippen LogP contribution in [0.4, 0.5) is 0 Å². The first-order chi connectivity index (χ1) is 14.9. The minimum atomic E-state index is -1.84. The molecule has 32 heavy (non-hydrogen) atoms. The summed E-state index contributed by atoms with van der Waals surface area (Å²) in [6.45, 7) is 5.20. The average molecular weight is 444 g/mol. The van der Waals surface area contributed by atoms with Crippen molar-refractivity contribution in [2.45, 2.75) is 57.6 Å². The number of nitrogens with zero attached hydrogens (tertiary/aromatic N) is 1. The molecule has 1 aliphatic carbocycles. The molecule has 10 heteroatoms. The highest BCUT2D eigenvalue weighted by Crippen LogP contribution is 2.76. The van der Waals surface area contributed by atoms with Crippen LogP contribution < -0.4 is 5.84 Å². The SMILES string of the molecule is CC(C)(C)[C@]1(O)C[C@@H]2OC(=O)C[C@@]23C(=O)O[C@@H]2N(N)C(=O)[C@H](OC(=O)c4ccccc4)C213. The molecule has 0 radical (unpaired) electrons. The molecule has 5 rings (SSSR count). The van der Waals surface area contributed by atoms with Gasteiger partial charge < -0.3 is 19.3 Å². The highest BCUT2D eigenvalue weighted by Gasteiger charge is 2.93. The highest BCUT2D eigenvalue weighted by molar-refractivity contribution is 5.99. The number of ether oxygens (including phenoxy) is 3. The fourth-order valence-electron chi connectivity index (χ4n) is 6.30. The first-order valence-corrected chi connectivity index (χ1v) is 10.4. The molecule has 1 unspecified atom stereocenters. The smallest absolute Gasteiger partial charge is 0.338 e. The third kappa shape index (κ3) is 2.07. The van der Waals surface area contributed by atoms with Crippen LogP contribution in [0.25, 0.3) is 0 Å². The van der Waals surface area contributed by atoms with Crippen LogP contribution in [-0.4, -0.2) is 58.0 Å². The van der Waals surface area contributed by atoms with Gasteiger partial charge in [-0.05, 0) is 17.5 Å². The van der Waals surface area contributed by atoms with E-state index in [1.807, 2.05) is 0 Å². The van der Waals surface area contributed by atoms with Crippen molar-refractivity contribution in [3.63, 3.8) is 0 Å². The van der Waals surface area contributed by atoms with E-state index in [0.29, 0.717) is 5.01 Å². The van der Waals surface area contributed by atoms with E-state index in [-0.39, 0.29) is 12.0 Å². The Bertz CT molecular complexity index is 1050. The van der Waals surface area contributed by atoms with E-state index in [1.165, 1.54) is 12.1 Å². The molecule has 2 spiro atoms. The first kappa shape index (κ1) is 20.9. The van der Waals surface area contributed by atoms with Gasteiger partial charge in [-0.3, -0.25) is 14.4 Å². The van der Waals surface area contributed by atoms with Crippen molar-refractivity contribution in [3.8, 4) is 0 Å². The monoisotopic (exact) mass is 444 g/mol. The van der Waals surface area contributed by atoms with Gasteiger partial charge in [-0.25, -0.2) is 15.6 Å². The van der Waals surface area contributed by atoms with Gasteiger partial charge in [0.15, 0.2) is 6.10 Å². The second-order valence-corrected chi connectivity index (χ2v) is 9.96. The van der Waals surface area contributed by atoms with Gasteiger partial charge >= 0.3 is 17.9 Å².